The van der Waals surface area contributed by atoms with Gasteiger partial charge in [0.25, 0.3) is 0 Å². The number of anilines is 1. The Morgan fingerprint density at radius 1 is 1.06 bits per heavy atom. The summed E-state index contributed by atoms with van der Waals surface area (Å²) in [6.45, 7) is 4.22. The van der Waals surface area contributed by atoms with Crippen molar-refractivity contribution >= 4 is 34.1 Å². The molecule has 2 heterocycles. The van der Waals surface area contributed by atoms with Crippen LogP contribution in [0.25, 0.3) is 11.3 Å². The highest BCUT2D eigenvalue weighted by Crippen LogP contribution is 2.34. The number of likely N-dealkylation sites (tertiary alicyclic amines) is 1. The summed E-state index contributed by atoms with van der Waals surface area (Å²) in [5.74, 6) is -0.425. The van der Waals surface area contributed by atoms with Gasteiger partial charge < -0.3 is 20.9 Å². The Hall–Kier alpha value is -2.78. The number of thiazole rings is 1. The molecule has 1 aromatic carbocycles. The van der Waals surface area contributed by atoms with E-state index in [1.54, 1.807) is 18.9 Å². The molecule has 1 aliphatic heterocycles. The standard InChI is InChI=1S/C27H37N5O3S/c1-17(28-3)24(33)30-23(20-13-8-5-9-14-20)27(35)32-16-10-15-21(32)25(34)31-26-22(29-18(2)36-26)19-11-6-4-7-12-19/h4,6-7,11-12,17,20-21,23,28H,5,8-10,13-16H2,1-3H3,(H,30,33)(H,31,34)/t17-,21-,23-/m0/s1. The molecule has 9 heteroatoms. The zero-order chi connectivity index (χ0) is 25.7. The molecule has 1 saturated carbocycles. The van der Waals surface area contributed by atoms with Crippen molar-refractivity contribution < 1.29 is 14.4 Å². The van der Waals surface area contributed by atoms with Crippen molar-refractivity contribution in [3.8, 4) is 11.3 Å². The van der Waals surface area contributed by atoms with E-state index in [0.717, 1.165) is 54.8 Å². The van der Waals surface area contributed by atoms with Crippen LogP contribution in [0.3, 0.4) is 0 Å². The predicted octanol–water partition coefficient (Wildman–Crippen LogP) is 3.72. The van der Waals surface area contributed by atoms with Crippen LogP contribution in [0.2, 0.25) is 0 Å². The minimum atomic E-state index is -0.604. The summed E-state index contributed by atoms with van der Waals surface area (Å²) >= 11 is 1.44. The van der Waals surface area contributed by atoms with Crippen molar-refractivity contribution in [1.82, 2.24) is 20.5 Å². The number of benzene rings is 1. The zero-order valence-corrected chi connectivity index (χ0v) is 22.2. The van der Waals surface area contributed by atoms with E-state index in [1.165, 1.54) is 11.3 Å². The maximum atomic E-state index is 13.9. The van der Waals surface area contributed by atoms with Crippen LogP contribution in [0.1, 0.15) is 56.9 Å². The first kappa shape index (κ1) is 26.3. The number of aryl methyl sites for hydroxylation is 1. The van der Waals surface area contributed by atoms with Crippen LogP contribution in [0.15, 0.2) is 30.3 Å². The summed E-state index contributed by atoms with van der Waals surface area (Å²) in [5.41, 5.74) is 1.69. The minimum Gasteiger partial charge on any atom is -0.343 e. The van der Waals surface area contributed by atoms with Gasteiger partial charge in [-0.2, -0.15) is 0 Å². The van der Waals surface area contributed by atoms with Crippen LogP contribution in [0.5, 0.6) is 0 Å². The van der Waals surface area contributed by atoms with E-state index in [0.29, 0.717) is 18.0 Å². The first-order valence-electron chi connectivity index (χ1n) is 13.0. The van der Waals surface area contributed by atoms with E-state index < -0.39 is 18.1 Å². The number of likely N-dealkylation sites (N-methyl/N-ethyl adjacent to an activating group) is 1. The maximum absolute atomic E-state index is 13.9. The first-order chi connectivity index (χ1) is 17.4. The van der Waals surface area contributed by atoms with Gasteiger partial charge in [0.1, 0.15) is 22.8 Å². The van der Waals surface area contributed by atoms with Gasteiger partial charge in [-0.25, -0.2) is 4.98 Å². The van der Waals surface area contributed by atoms with E-state index in [1.807, 2.05) is 37.3 Å². The maximum Gasteiger partial charge on any atom is 0.247 e. The second kappa shape index (κ2) is 12.0. The monoisotopic (exact) mass is 511 g/mol. The third-order valence-corrected chi connectivity index (χ3v) is 8.25. The summed E-state index contributed by atoms with van der Waals surface area (Å²) in [7, 11) is 1.73. The fraction of sp³-hybridized carbons (Fsp3) is 0.556. The number of hydrogen-bond acceptors (Lipinski definition) is 6. The molecule has 0 bridgehead atoms. The fourth-order valence-electron chi connectivity index (χ4n) is 5.24. The molecule has 36 heavy (non-hydrogen) atoms. The minimum absolute atomic E-state index is 0.0948. The molecule has 1 aromatic heterocycles. The molecule has 1 saturated heterocycles. The van der Waals surface area contributed by atoms with Crippen LogP contribution >= 0.6 is 11.3 Å². The van der Waals surface area contributed by atoms with Gasteiger partial charge in [0.2, 0.25) is 17.7 Å². The van der Waals surface area contributed by atoms with Crippen molar-refractivity contribution in [3.05, 3.63) is 35.3 Å². The Morgan fingerprint density at radius 2 is 1.78 bits per heavy atom. The number of amides is 3. The lowest BCUT2D eigenvalue weighted by molar-refractivity contribution is -0.142. The van der Waals surface area contributed by atoms with Gasteiger partial charge in [0, 0.05) is 12.1 Å². The lowest BCUT2D eigenvalue weighted by Gasteiger charge is -2.35. The molecule has 194 valence electrons. The summed E-state index contributed by atoms with van der Waals surface area (Å²) in [5, 5.41) is 10.6. The number of nitrogens with one attached hydrogen (secondary N) is 3. The lowest BCUT2D eigenvalue weighted by atomic mass is 9.83. The summed E-state index contributed by atoms with van der Waals surface area (Å²) < 4.78 is 0. The van der Waals surface area contributed by atoms with Crippen LogP contribution in [0.4, 0.5) is 5.00 Å². The van der Waals surface area contributed by atoms with Crippen molar-refractivity contribution in [2.24, 2.45) is 5.92 Å². The van der Waals surface area contributed by atoms with Crippen LogP contribution < -0.4 is 16.0 Å². The molecule has 2 fully saturated rings. The summed E-state index contributed by atoms with van der Waals surface area (Å²) in [6.07, 6.45) is 6.46. The number of carbonyl (C=O) groups excluding carboxylic acids is 3. The number of nitrogens with zero attached hydrogens (tertiary/aromatic N) is 2. The van der Waals surface area contributed by atoms with Gasteiger partial charge in [0.05, 0.1) is 11.0 Å². The van der Waals surface area contributed by atoms with Gasteiger partial charge in [0.15, 0.2) is 0 Å². The van der Waals surface area contributed by atoms with E-state index in [9.17, 15) is 14.4 Å². The number of aromatic nitrogens is 1. The van der Waals surface area contributed by atoms with Gasteiger partial charge in [-0.1, -0.05) is 49.6 Å². The molecule has 3 amide bonds. The van der Waals surface area contributed by atoms with Crippen LogP contribution in [-0.4, -0.2) is 59.3 Å². The average Bonchev–Trinajstić information content (AvgIpc) is 3.54. The summed E-state index contributed by atoms with van der Waals surface area (Å²) in [4.78, 5) is 46.4. The molecule has 8 nitrogen and oxygen atoms in total. The molecule has 0 spiro atoms. The van der Waals surface area contributed by atoms with Crippen molar-refractivity contribution in [2.45, 2.75) is 76.9 Å². The quantitative estimate of drug-likeness (QED) is 0.501. The number of rotatable bonds is 8. The molecular weight excluding hydrogens is 474 g/mol. The van der Waals surface area contributed by atoms with Gasteiger partial charge >= 0.3 is 0 Å². The van der Waals surface area contributed by atoms with E-state index in [4.69, 9.17) is 0 Å². The first-order valence-corrected chi connectivity index (χ1v) is 13.8. The average molecular weight is 512 g/mol. The normalized spacial score (nSPS) is 20.1. The Kier molecular flexibility index (Phi) is 8.74. The third-order valence-electron chi connectivity index (χ3n) is 7.37. The molecule has 0 unspecified atom stereocenters. The highest BCUT2D eigenvalue weighted by atomic mass is 32.1. The Labute approximate surface area is 217 Å². The van der Waals surface area contributed by atoms with Crippen molar-refractivity contribution in [1.29, 1.82) is 0 Å². The van der Waals surface area contributed by atoms with E-state index in [-0.39, 0.29) is 23.6 Å². The largest absolute Gasteiger partial charge is 0.343 e. The van der Waals surface area contributed by atoms with Crippen molar-refractivity contribution in [3.63, 3.8) is 0 Å². The highest BCUT2D eigenvalue weighted by molar-refractivity contribution is 7.16. The topological polar surface area (TPSA) is 103 Å². The number of carbonyl (C=O) groups is 3. The highest BCUT2D eigenvalue weighted by Gasteiger charge is 2.41. The SMILES string of the molecule is CN[C@@H](C)C(=O)N[C@H](C(=O)N1CCC[C@H]1C(=O)Nc1sc(C)nc1-c1ccccc1)C1CCCCC1. The Balaban J connectivity index is 1.52. The molecule has 1 aliphatic carbocycles. The van der Waals surface area contributed by atoms with Crippen molar-refractivity contribution in [2.75, 3.05) is 18.9 Å². The second-order valence-electron chi connectivity index (χ2n) is 9.85. The molecule has 0 radical (unpaired) electrons. The molecule has 3 atom stereocenters. The molecular formula is C27H37N5O3S. The lowest BCUT2D eigenvalue weighted by Crippen LogP contribution is -2.57. The van der Waals surface area contributed by atoms with E-state index in [2.05, 4.69) is 20.9 Å². The second-order valence-corrected chi connectivity index (χ2v) is 11.1. The van der Waals surface area contributed by atoms with Gasteiger partial charge in [-0.3, -0.25) is 14.4 Å². The smallest absolute Gasteiger partial charge is 0.247 e. The molecule has 3 N–H and O–H groups in total. The zero-order valence-electron chi connectivity index (χ0n) is 21.4. The predicted molar refractivity (Wildman–Crippen MR) is 143 cm³/mol. The van der Waals surface area contributed by atoms with Gasteiger partial charge in [-0.15, -0.1) is 11.3 Å². The molecule has 2 aromatic rings. The Morgan fingerprint density at radius 3 is 2.47 bits per heavy atom. The number of hydrogen-bond donors (Lipinski definition) is 3. The summed E-state index contributed by atoms with van der Waals surface area (Å²) in [6, 6.07) is 8.22. The fourth-order valence-corrected chi connectivity index (χ4v) is 6.08. The van der Waals surface area contributed by atoms with Crippen LogP contribution in [0, 0.1) is 12.8 Å². The molecule has 2 aliphatic rings. The third kappa shape index (κ3) is 5.95. The van der Waals surface area contributed by atoms with E-state index >= 15 is 0 Å². The van der Waals surface area contributed by atoms with Crippen LogP contribution in [-0.2, 0) is 14.4 Å². The molecule has 4 rings (SSSR count). The Bertz CT molecular complexity index is 1070. The van der Waals surface area contributed by atoms with Gasteiger partial charge in [-0.05, 0) is 52.5 Å².